The Morgan fingerprint density at radius 3 is 2.67 bits per heavy atom. The SMILES string of the molecule is CCNC(Cc1ccc(F)c(Cl)c1)c1cc(CC)nn1C. The molecule has 1 atom stereocenters. The van der Waals surface area contributed by atoms with Crippen molar-refractivity contribution in [1.29, 1.82) is 0 Å². The minimum absolute atomic E-state index is 0.134. The zero-order valence-electron chi connectivity index (χ0n) is 12.7. The molecule has 114 valence electrons. The van der Waals surface area contributed by atoms with Gasteiger partial charge in [0.05, 0.1) is 22.5 Å². The number of halogens is 2. The maximum absolute atomic E-state index is 13.3. The Bertz CT molecular complexity index is 610. The normalized spacial score (nSPS) is 12.6. The standard InChI is InChI=1S/C16H21ClFN3/c1-4-12-10-16(21(3)20-12)15(19-5-2)9-11-6-7-14(18)13(17)8-11/h6-8,10,15,19H,4-5,9H2,1-3H3. The molecule has 0 saturated heterocycles. The van der Waals surface area contributed by atoms with Crippen molar-refractivity contribution in [3.63, 3.8) is 0 Å². The van der Waals surface area contributed by atoms with Gasteiger partial charge in [0.1, 0.15) is 5.82 Å². The molecular formula is C16H21ClFN3. The highest BCUT2D eigenvalue weighted by molar-refractivity contribution is 6.30. The zero-order valence-corrected chi connectivity index (χ0v) is 13.4. The molecule has 0 spiro atoms. The summed E-state index contributed by atoms with van der Waals surface area (Å²) < 4.78 is 15.2. The molecule has 1 aromatic heterocycles. The van der Waals surface area contributed by atoms with Crippen LogP contribution in [0.1, 0.15) is 36.8 Å². The van der Waals surface area contributed by atoms with Gasteiger partial charge in [-0.3, -0.25) is 4.68 Å². The molecule has 0 aliphatic rings. The van der Waals surface area contributed by atoms with Crippen molar-refractivity contribution < 1.29 is 4.39 Å². The summed E-state index contributed by atoms with van der Waals surface area (Å²) in [5.41, 5.74) is 3.22. The van der Waals surface area contributed by atoms with E-state index in [4.69, 9.17) is 11.6 Å². The third-order valence-electron chi connectivity index (χ3n) is 3.56. The Kier molecular flexibility index (Phi) is 5.37. The highest BCUT2D eigenvalue weighted by Crippen LogP contribution is 2.22. The van der Waals surface area contributed by atoms with E-state index in [0.29, 0.717) is 0 Å². The van der Waals surface area contributed by atoms with Crippen LogP contribution in [-0.2, 0) is 19.9 Å². The first-order chi connectivity index (χ1) is 10.0. The lowest BCUT2D eigenvalue weighted by molar-refractivity contribution is 0.507. The fraction of sp³-hybridized carbons (Fsp3) is 0.438. The first-order valence-corrected chi connectivity index (χ1v) is 7.63. The van der Waals surface area contributed by atoms with Gasteiger partial charge in [-0.2, -0.15) is 5.10 Å². The van der Waals surface area contributed by atoms with Crippen molar-refractivity contribution in [2.75, 3.05) is 6.54 Å². The average molecular weight is 310 g/mol. The van der Waals surface area contributed by atoms with Gasteiger partial charge in [-0.05, 0) is 43.1 Å². The van der Waals surface area contributed by atoms with Gasteiger partial charge in [0.2, 0.25) is 0 Å². The number of rotatable bonds is 6. The van der Waals surface area contributed by atoms with Gasteiger partial charge < -0.3 is 5.32 Å². The van der Waals surface area contributed by atoms with Gasteiger partial charge in [-0.25, -0.2) is 4.39 Å². The summed E-state index contributed by atoms with van der Waals surface area (Å²) in [5, 5.41) is 8.13. The van der Waals surface area contributed by atoms with Crippen LogP contribution in [0.4, 0.5) is 4.39 Å². The molecule has 0 fully saturated rings. The minimum atomic E-state index is -0.380. The Labute approximate surface area is 130 Å². The third-order valence-corrected chi connectivity index (χ3v) is 3.85. The first-order valence-electron chi connectivity index (χ1n) is 7.25. The number of benzene rings is 1. The molecule has 0 bridgehead atoms. The van der Waals surface area contributed by atoms with Gasteiger partial charge in [0.15, 0.2) is 0 Å². The summed E-state index contributed by atoms with van der Waals surface area (Å²) in [4.78, 5) is 0. The minimum Gasteiger partial charge on any atom is -0.309 e. The molecule has 0 radical (unpaired) electrons. The van der Waals surface area contributed by atoms with Crippen LogP contribution in [0.5, 0.6) is 0 Å². The van der Waals surface area contributed by atoms with Crippen LogP contribution in [0.2, 0.25) is 5.02 Å². The largest absolute Gasteiger partial charge is 0.309 e. The van der Waals surface area contributed by atoms with Crippen molar-refractivity contribution in [3.05, 3.63) is 52.1 Å². The summed E-state index contributed by atoms with van der Waals surface area (Å²) >= 11 is 5.87. The molecule has 2 rings (SSSR count). The maximum atomic E-state index is 13.3. The van der Waals surface area contributed by atoms with Gasteiger partial charge >= 0.3 is 0 Å². The van der Waals surface area contributed by atoms with Crippen LogP contribution in [-0.4, -0.2) is 16.3 Å². The molecule has 3 nitrogen and oxygen atoms in total. The first kappa shape index (κ1) is 16.0. The van der Waals surface area contributed by atoms with Crippen molar-refractivity contribution in [2.24, 2.45) is 7.05 Å². The van der Waals surface area contributed by atoms with Crippen molar-refractivity contribution in [2.45, 2.75) is 32.7 Å². The van der Waals surface area contributed by atoms with Crippen LogP contribution in [0, 0.1) is 5.82 Å². The molecule has 0 saturated carbocycles. The summed E-state index contributed by atoms with van der Waals surface area (Å²) in [6, 6.07) is 7.15. The van der Waals surface area contributed by atoms with E-state index in [2.05, 4.69) is 30.3 Å². The van der Waals surface area contributed by atoms with Crippen LogP contribution < -0.4 is 5.32 Å². The molecule has 2 aromatic rings. The van der Waals surface area contributed by atoms with Crippen molar-refractivity contribution >= 4 is 11.6 Å². The molecular weight excluding hydrogens is 289 g/mol. The van der Waals surface area contributed by atoms with Crippen molar-refractivity contribution in [3.8, 4) is 0 Å². The molecule has 0 amide bonds. The smallest absolute Gasteiger partial charge is 0.141 e. The molecule has 5 heteroatoms. The van der Waals surface area contributed by atoms with Gasteiger partial charge in [-0.1, -0.05) is 31.5 Å². The fourth-order valence-electron chi connectivity index (χ4n) is 2.47. The Hall–Kier alpha value is -1.39. The fourth-order valence-corrected chi connectivity index (χ4v) is 2.68. The number of aromatic nitrogens is 2. The van der Waals surface area contributed by atoms with E-state index in [1.165, 1.54) is 6.07 Å². The van der Waals surface area contributed by atoms with Gasteiger partial charge in [0.25, 0.3) is 0 Å². The number of nitrogens with one attached hydrogen (secondary N) is 1. The maximum Gasteiger partial charge on any atom is 0.141 e. The molecule has 1 unspecified atom stereocenters. The number of likely N-dealkylation sites (N-methyl/N-ethyl adjacent to an activating group) is 1. The van der Waals surface area contributed by atoms with Gasteiger partial charge in [-0.15, -0.1) is 0 Å². The second-order valence-corrected chi connectivity index (χ2v) is 5.51. The highest BCUT2D eigenvalue weighted by Gasteiger charge is 2.17. The number of nitrogens with zero attached hydrogens (tertiary/aromatic N) is 2. The predicted octanol–water partition coefficient (Wildman–Crippen LogP) is 3.67. The lowest BCUT2D eigenvalue weighted by atomic mass is 10.0. The van der Waals surface area contributed by atoms with Crippen molar-refractivity contribution in [1.82, 2.24) is 15.1 Å². The third kappa shape index (κ3) is 3.83. The average Bonchev–Trinajstić information content (AvgIpc) is 2.83. The van der Waals surface area contributed by atoms with E-state index in [9.17, 15) is 4.39 Å². The second kappa shape index (κ2) is 7.05. The molecule has 1 heterocycles. The molecule has 1 aromatic carbocycles. The summed E-state index contributed by atoms with van der Waals surface area (Å²) in [6.07, 6.45) is 1.66. The Morgan fingerprint density at radius 2 is 2.10 bits per heavy atom. The number of hydrogen-bond donors (Lipinski definition) is 1. The molecule has 0 aliphatic heterocycles. The Balaban J connectivity index is 2.25. The monoisotopic (exact) mass is 309 g/mol. The van der Waals surface area contributed by atoms with E-state index in [-0.39, 0.29) is 16.9 Å². The van der Waals surface area contributed by atoms with Crippen LogP contribution in [0.25, 0.3) is 0 Å². The summed E-state index contributed by atoms with van der Waals surface area (Å²) in [6.45, 7) is 5.02. The highest BCUT2D eigenvalue weighted by atomic mass is 35.5. The Morgan fingerprint density at radius 1 is 1.33 bits per heavy atom. The topological polar surface area (TPSA) is 29.9 Å². The number of hydrogen-bond acceptors (Lipinski definition) is 2. The predicted molar refractivity (Wildman–Crippen MR) is 84.1 cm³/mol. The van der Waals surface area contributed by atoms with E-state index < -0.39 is 0 Å². The van der Waals surface area contributed by atoms with Crippen LogP contribution >= 0.6 is 11.6 Å². The quantitative estimate of drug-likeness (QED) is 0.882. The van der Waals surface area contributed by atoms with E-state index >= 15 is 0 Å². The van der Waals surface area contributed by atoms with Gasteiger partial charge in [0, 0.05) is 7.05 Å². The lowest BCUT2D eigenvalue weighted by Gasteiger charge is -2.18. The lowest BCUT2D eigenvalue weighted by Crippen LogP contribution is -2.25. The number of aryl methyl sites for hydroxylation is 2. The van der Waals surface area contributed by atoms with E-state index in [1.54, 1.807) is 12.1 Å². The van der Waals surface area contributed by atoms with Crippen LogP contribution in [0.15, 0.2) is 24.3 Å². The van der Waals surface area contributed by atoms with E-state index in [0.717, 1.165) is 36.3 Å². The molecule has 1 N–H and O–H groups in total. The summed E-state index contributed by atoms with van der Waals surface area (Å²) in [5.74, 6) is -0.380. The summed E-state index contributed by atoms with van der Waals surface area (Å²) in [7, 11) is 1.95. The van der Waals surface area contributed by atoms with E-state index in [1.807, 2.05) is 11.7 Å². The molecule has 0 aliphatic carbocycles. The van der Waals surface area contributed by atoms with Crippen LogP contribution in [0.3, 0.4) is 0 Å². The second-order valence-electron chi connectivity index (χ2n) is 5.10. The molecule has 21 heavy (non-hydrogen) atoms. The zero-order chi connectivity index (χ0) is 15.4.